The van der Waals surface area contributed by atoms with Gasteiger partial charge in [-0.05, 0) is 38.3 Å². The van der Waals surface area contributed by atoms with Crippen LogP contribution in [0.4, 0.5) is 0 Å². The van der Waals surface area contributed by atoms with Crippen LogP contribution in [0.25, 0.3) is 0 Å². The van der Waals surface area contributed by atoms with Crippen LogP contribution in [-0.2, 0) is 9.53 Å². The second kappa shape index (κ2) is 14.1. The third-order valence-electron chi connectivity index (χ3n) is 2.06. The standard InChI is InChI=1S/C17H22O2/c1-3-4-5-6-7-8-9-10-11-12-13-14-15-16-19-17(2)18/h3-6,9-12H,13-16H2,1-2H3. The van der Waals surface area contributed by atoms with Crippen LogP contribution in [0.2, 0.25) is 0 Å². The molecule has 0 radical (unpaired) electrons. The zero-order valence-electron chi connectivity index (χ0n) is 11.8. The fourth-order valence-corrected chi connectivity index (χ4v) is 1.17. The lowest BCUT2D eigenvalue weighted by atomic mass is 10.2. The number of rotatable bonds is 7. The Morgan fingerprint density at radius 2 is 1.74 bits per heavy atom. The van der Waals surface area contributed by atoms with E-state index in [2.05, 4.69) is 17.9 Å². The van der Waals surface area contributed by atoms with Gasteiger partial charge in [-0.3, -0.25) is 4.79 Å². The van der Waals surface area contributed by atoms with Crippen molar-refractivity contribution in [3.8, 4) is 11.8 Å². The lowest BCUT2D eigenvalue weighted by Gasteiger charge is -1.98. The average Bonchev–Trinajstić information content (AvgIpc) is 2.39. The number of hydrogen-bond acceptors (Lipinski definition) is 2. The highest BCUT2D eigenvalue weighted by atomic mass is 16.5. The first-order valence-electron chi connectivity index (χ1n) is 6.51. The summed E-state index contributed by atoms with van der Waals surface area (Å²) in [5.41, 5.74) is 0. The van der Waals surface area contributed by atoms with E-state index in [1.807, 2.05) is 49.5 Å². The second-order valence-corrected chi connectivity index (χ2v) is 3.80. The van der Waals surface area contributed by atoms with Crippen LogP contribution >= 0.6 is 0 Å². The molecular weight excluding hydrogens is 236 g/mol. The van der Waals surface area contributed by atoms with Crippen molar-refractivity contribution >= 4 is 5.97 Å². The molecule has 0 rings (SSSR count). The number of unbranched alkanes of at least 4 members (excludes halogenated alkanes) is 2. The van der Waals surface area contributed by atoms with Crippen LogP contribution in [0.5, 0.6) is 0 Å². The van der Waals surface area contributed by atoms with E-state index < -0.39 is 0 Å². The predicted octanol–water partition coefficient (Wildman–Crippen LogP) is 3.97. The largest absolute Gasteiger partial charge is 0.466 e. The zero-order chi connectivity index (χ0) is 14.2. The maximum atomic E-state index is 10.5. The Labute approximate surface area is 116 Å². The second-order valence-electron chi connectivity index (χ2n) is 3.80. The van der Waals surface area contributed by atoms with Crippen molar-refractivity contribution in [3.05, 3.63) is 48.6 Å². The summed E-state index contributed by atoms with van der Waals surface area (Å²) in [4.78, 5) is 10.5. The normalized spacial score (nSPS) is 11.5. The molecule has 102 valence electrons. The van der Waals surface area contributed by atoms with E-state index in [4.69, 9.17) is 4.74 Å². The molecule has 2 heteroatoms. The minimum atomic E-state index is -0.208. The Morgan fingerprint density at radius 3 is 2.37 bits per heavy atom. The fourth-order valence-electron chi connectivity index (χ4n) is 1.17. The third kappa shape index (κ3) is 16.0. The SMILES string of the molecule is CC=CC=CC#CC=CC=CCCCCOC(C)=O. The van der Waals surface area contributed by atoms with E-state index in [9.17, 15) is 4.79 Å². The molecule has 0 aliphatic carbocycles. The minimum absolute atomic E-state index is 0.208. The molecule has 0 N–H and O–H groups in total. The smallest absolute Gasteiger partial charge is 0.302 e. The maximum Gasteiger partial charge on any atom is 0.302 e. The maximum absolute atomic E-state index is 10.5. The Balaban J connectivity index is 3.54. The van der Waals surface area contributed by atoms with E-state index in [1.165, 1.54) is 6.92 Å². The lowest BCUT2D eigenvalue weighted by Crippen LogP contribution is -1.99. The van der Waals surface area contributed by atoms with Crippen LogP contribution in [0.1, 0.15) is 33.1 Å². The van der Waals surface area contributed by atoms with Gasteiger partial charge in [0.2, 0.25) is 0 Å². The number of carbonyl (C=O) groups excluding carboxylic acids is 1. The van der Waals surface area contributed by atoms with Crippen molar-refractivity contribution in [2.45, 2.75) is 33.1 Å². The summed E-state index contributed by atoms with van der Waals surface area (Å²) in [6, 6.07) is 0. The van der Waals surface area contributed by atoms with Crippen LogP contribution in [0.15, 0.2) is 48.6 Å². The molecule has 0 unspecified atom stereocenters. The Hall–Kier alpha value is -2.01. The van der Waals surface area contributed by atoms with Gasteiger partial charge in [-0.15, -0.1) is 0 Å². The van der Waals surface area contributed by atoms with Gasteiger partial charge in [-0.2, -0.15) is 0 Å². The van der Waals surface area contributed by atoms with E-state index in [1.54, 1.807) is 0 Å². The van der Waals surface area contributed by atoms with E-state index in [0.717, 1.165) is 19.3 Å². The molecule has 19 heavy (non-hydrogen) atoms. The van der Waals surface area contributed by atoms with Crippen LogP contribution < -0.4 is 0 Å². The summed E-state index contributed by atoms with van der Waals surface area (Å²) in [7, 11) is 0. The van der Waals surface area contributed by atoms with Crippen molar-refractivity contribution in [1.29, 1.82) is 0 Å². The van der Waals surface area contributed by atoms with Gasteiger partial charge in [-0.25, -0.2) is 0 Å². The molecule has 0 aromatic carbocycles. The Morgan fingerprint density at radius 1 is 1.05 bits per heavy atom. The summed E-state index contributed by atoms with van der Waals surface area (Å²) < 4.78 is 4.84. The van der Waals surface area contributed by atoms with Crippen LogP contribution in [0, 0.1) is 11.8 Å². The molecule has 0 spiro atoms. The van der Waals surface area contributed by atoms with Gasteiger partial charge < -0.3 is 4.74 Å². The summed E-state index contributed by atoms with van der Waals surface area (Å²) >= 11 is 0. The number of ether oxygens (including phenoxy) is 1. The molecule has 0 amide bonds. The molecule has 0 atom stereocenters. The highest BCUT2D eigenvalue weighted by Gasteiger charge is 1.90. The molecule has 0 fully saturated rings. The van der Waals surface area contributed by atoms with Gasteiger partial charge >= 0.3 is 5.97 Å². The zero-order valence-corrected chi connectivity index (χ0v) is 11.8. The van der Waals surface area contributed by atoms with Gasteiger partial charge in [0.25, 0.3) is 0 Å². The topological polar surface area (TPSA) is 26.3 Å². The predicted molar refractivity (Wildman–Crippen MR) is 80.5 cm³/mol. The number of allylic oxidation sites excluding steroid dienone is 8. The summed E-state index contributed by atoms with van der Waals surface area (Å²) in [5, 5.41) is 0. The number of hydrogen-bond donors (Lipinski definition) is 0. The Kier molecular flexibility index (Phi) is 12.6. The molecule has 2 nitrogen and oxygen atoms in total. The highest BCUT2D eigenvalue weighted by Crippen LogP contribution is 1.97. The quantitative estimate of drug-likeness (QED) is 0.299. The van der Waals surface area contributed by atoms with Gasteiger partial charge in [0.05, 0.1) is 6.61 Å². The number of carbonyl (C=O) groups is 1. The highest BCUT2D eigenvalue weighted by molar-refractivity contribution is 5.65. The first-order valence-corrected chi connectivity index (χ1v) is 6.51. The van der Waals surface area contributed by atoms with E-state index >= 15 is 0 Å². The van der Waals surface area contributed by atoms with Gasteiger partial charge in [0, 0.05) is 6.92 Å². The molecule has 0 aromatic rings. The van der Waals surface area contributed by atoms with Crippen molar-refractivity contribution in [3.63, 3.8) is 0 Å². The molecule has 0 aromatic heterocycles. The number of esters is 1. The Bertz CT molecular complexity index is 401. The van der Waals surface area contributed by atoms with Crippen molar-refractivity contribution < 1.29 is 9.53 Å². The lowest BCUT2D eigenvalue weighted by molar-refractivity contribution is -0.141. The first-order chi connectivity index (χ1) is 9.27. The molecule has 0 heterocycles. The fraction of sp³-hybridized carbons (Fsp3) is 0.353. The van der Waals surface area contributed by atoms with Crippen molar-refractivity contribution in [2.24, 2.45) is 0 Å². The van der Waals surface area contributed by atoms with Gasteiger partial charge in [0.15, 0.2) is 0 Å². The summed E-state index contributed by atoms with van der Waals surface area (Å²) in [5.74, 6) is 5.60. The summed E-state index contributed by atoms with van der Waals surface area (Å²) in [6.45, 7) is 3.91. The van der Waals surface area contributed by atoms with Crippen LogP contribution in [-0.4, -0.2) is 12.6 Å². The van der Waals surface area contributed by atoms with Crippen LogP contribution in [0.3, 0.4) is 0 Å². The molecular formula is C17H22O2. The van der Waals surface area contributed by atoms with E-state index in [0.29, 0.717) is 6.61 Å². The van der Waals surface area contributed by atoms with Crippen molar-refractivity contribution in [1.82, 2.24) is 0 Å². The summed E-state index contributed by atoms with van der Waals surface area (Å²) in [6.07, 6.45) is 18.3. The molecule has 0 saturated heterocycles. The molecule has 0 aliphatic rings. The molecule has 0 bridgehead atoms. The van der Waals surface area contributed by atoms with Gasteiger partial charge in [-0.1, -0.05) is 48.3 Å². The molecule has 0 saturated carbocycles. The third-order valence-corrected chi connectivity index (χ3v) is 2.06. The van der Waals surface area contributed by atoms with E-state index in [-0.39, 0.29) is 5.97 Å². The van der Waals surface area contributed by atoms with Crippen molar-refractivity contribution in [2.75, 3.05) is 6.61 Å². The molecule has 0 aliphatic heterocycles. The first kappa shape index (κ1) is 17.0. The van der Waals surface area contributed by atoms with Gasteiger partial charge in [0.1, 0.15) is 0 Å². The monoisotopic (exact) mass is 258 g/mol. The average molecular weight is 258 g/mol. The minimum Gasteiger partial charge on any atom is -0.466 e.